The zero-order valence-electron chi connectivity index (χ0n) is 15.6. The SMILES string of the molecule is CSc1nc2c(c(=O)[nH]1)[C@H](c1ccc(N(C)C)cc1)[C@H]1C(=O)CCC=C1N2. The van der Waals surface area contributed by atoms with Gasteiger partial charge in [-0.2, -0.15) is 0 Å². The number of carbonyl (C=O) groups excluding carboxylic acids is 1. The summed E-state index contributed by atoms with van der Waals surface area (Å²) >= 11 is 1.39. The van der Waals surface area contributed by atoms with E-state index in [1.165, 1.54) is 11.8 Å². The molecule has 0 spiro atoms. The van der Waals surface area contributed by atoms with E-state index in [2.05, 4.69) is 21.4 Å². The van der Waals surface area contributed by atoms with Crippen LogP contribution in [0.4, 0.5) is 11.5 Å². The van der Waals surface area contributed by atoms with Crippen LogP contribution in [0.25, 0.3) is 0 Å². The summed E-state index contributed by atoms with van der Waals surface area (Å²) in [5, 5.41) is 3.83. The van der Waals surface area contributed by atoms with Gasteiger partial charge >= 0.3 is 0 Å². The van der Waals surface area contributed by atoms with Crippen molar-refractivity contribution in [2.24, 2.45) is 5.92 Å². The molecule has 4 rings (SSSR count). The van der Waals surface area contributed by atoms with E-state index >= 15 is 0 Å². The van der Waals surface area contributed by atoms with E-state index < -0.39 is 0 Å². The lowest BCUT2D eigenvalue weighted by Gasteiger charge is -2.36. The number of nitrogens with zero attached hydrogens (tertiary/aromatic N) is 2. The summed E-state index contributed by atoms with van der Waals surface area (Å²) in [6, 6.07) is 8.06. The van der Waals surface area contributed by atoms with Gasteiger partial charge in [0.15, 0.2) is 5.16 Å². The van der Waals surface area contributed by atoms with Gasteiger partial charge in [0, 0.05) is 37.8 Å². The van der Waals surface area contributed by atoms with E-state index in [0.29, 0.717) is 23.0 Å². The van der Waals surface area contributed by atoms with Crippen molar-refractivity contribution in [1.29, 1.82) is 0 Å². The van der Waals surface area contributed by atoms with Gasteiger partial charge in [-0.05, 0) is 30.4 Å². The van der Waals surface area contributed by atoms with Crippen molar-refractivity contribution >= 4 is 29.1 Å². The average molecular weight is 382 g/mol. The lowest BCUT2D eigenvalue weighted by molar-refractivity contribution is -0.122. The van der Waals surface area contributed by atoms with Gasteiger partial charge in [-0.15, -0.1) is 0 Å². The third-order valence-corrected chi connectivity index (χ3v) is 5.82. The zero-order chi connectivity index (χ0) is 19.1. The smallest absolute Gasteiger partial charge is 0.257 e. The van der Waals surface area contributed by atoms with Gasteiger partial charge < -0.3 is 15.2 Å². The first-order chi connectivity index (χ1) is 13.0. The first-order valence-electron chi connectivity index (χ1n) is 8.95. The summed E-state index contributed by atoms with van der Waals surface area (Å²) in [6.07, 6.45) is 5.17. The molecule has 27 heavy (non-hydrogen) atoms. The monoisotopic (exact) mass is 382 g/mol. The molecule has 0 amide bonds. The van der Waals surface area contributed by atoms with Crippen molar-refractivity contribution in [2.45, 2.75) is 23.9 Å². The summed E-state index contributed by atoms with van der Waals surface area (Å²) in [7, 11) is 3.97. The highest BCUT2D eigenvalue weighted by Crippen LogP contribution is 2.45. The van der Waals surface area contributed by atoms with Crippen LogP contribution in [-0.2, 0) is 4.79 Å². The molecular weight excluding hydrogens is 360 g/mol. The molecule has 0 saturated carbocycles. The molecule has 1 aromatic heterocycles. The van der Waals surface area contributed by atoms with Crippen LogP contribution in [0.1, 0.15) is 29.9 Å². The number of ketones is 1. The minimum atomic E-state index is -0.362. The molecule has 0 unspecified atom stereocenters. The highest BCUT2D eigenvalue weighted by molar-refractivity contribution is 7.98. The van der Waals surface area contributed by atoms with Gasteiger partial charge in [0.25, 0.3) is 5.56 Å². The summed E-state index contributed by atoms with van der Waals surface area (Å²) in [4.78, 5) is 35.1. The van der Waals surface area contributed by atoms with Crippen molar-refractivity contribution in [1.82, 2.24) is 9.97 Å². The van der Waals surface area contributed by atoms with Crippen LogP contribution in [0.5, 0.6) is 0 Å². The molecule has 2 atom stereocenters. The first-order valence-corrected chi connectivity index (χ1v) is 10.2. The number of carbonyl (C=O) groups is 1. The van der Waals surface area contributed by atoms with Gasteiger partial charge in [0.05, 0.1) is 11.5 Å². The van der Waals surface area contributed by atoms with Crippen molar-refractivity contribution in [3.05, 3.63) is 57.5 Å². The lowest BCUT2D eigenvalue weighted by Crippen LogP contribution is -2.38. The van der Waals surface area contributed by atoms with Crippen LogP contribution in [0.2, 0.25) is 0 Å². The van der Waals surface area contributed by atoms with E-state index in [1.807, 2.05) is 49.5 Å². The molecule has 140 valence electrons. The summed E-state index contributed by atoms with van der Waals surface area (Å²) in [5.41, 5.74) is 3.26. The largest absolute Gasteiger partial charge is 0.378 e. The van der Waals surface area contributed by atoms with Crippen LogP contribution >= 0.6 is 11.8 Å². The van der Waals surface area contributed by atoms with Gasteiger partial charge in [-0.3, -0.25) is 9.59 Å². The molecule has 0 saturated heterocycles. The number of aromatic nitrogens is 2. The molecule has 0 radical (unpaired) electrons. The molecule has 2 heterocycles. The number of hydrogen-bond acceptors (Lipinski definition) is 6. The number of nitrogens with one attached hydrogen (secondary N) is 2. The zero-order valence-corrected chi connectivity index (χ0v) is 16.4. The molecule has 1 aliphatic carbocycles. The Hall–Kier alpha value is -2.54. The van der Waals surface area contributed by atoms with Gasteiger partial charge in [0.1, 0.15) is 11.6 Å². The average Bonchev–Trinajstić information content (AvgIpc) is 2.66. The molecule has 2 N–H and O–H groups in total. The topological polar surface area (TPSA) is 78.1 Å². The third kappa shape index (κ3) is 3.06. The maximum atomic E-state index is 12.9. The number of thioether (sulfide) groups is 1. The molecule has 2 aromatic rings. The quantitative estimate of drug-likeness (QED) is 0.628. The number of rotatable bonds is 3. The molecule has 6 nitrogen and oxygen atoms in total. The van der Waals surface area contributed by atoms with E-state index in [1.54, 1.807) is 0 Å². The van der Waals surface area contributed by atoms with Crippen LogP contribution in [0.15, 0.2) is 46.0 Å². The number of H-pyrrole nitrogens is 1. The Bertz CT molecular complexity index is 978. The number of benzene rings is 1. The van der Waals surface area contributed by atoms with Crippen molar-refractivity contribution < 1.29 is 4.79 Å². The summed E-state index contributed by atoms with van der Waals surface area (Å²) in [5.74, 6) is 0.0332. The van der Waals surface area contributed by atoms with E-state index in [9.17, 15) is 9.59 Å². The number of hydrogen-bond donors (Lipinski definition) is 2. The van der Waals surface area contributed by atoms with Crippen LogP contribution in [-0.4, -0.2) is 36.1 Å². The number of allylic oxidation sites excluding steroid dienone is 2. The fraction of sp³-hybridized carbons (Fsp3) is 0.350. The Morgan fingerprint density at radius 2 is 1.89 bits per heavy atom. The van der Waals surface area contributed by atoms with E-state index in [0.717, 1.165) is 23.4 Å². The van der Waals surface area contributed by atoms with Crippen LogP contribution < -0.4 is 15.8 Å². The highest BCUT2D eigenvalue weighted by Gasteiger charge is 2.42. The second kappa shape index (κ2) is 6.88. The Kier molecular flexibility index (Phi) is 4.55. The summed E-state index contributed by atoms with van der Waals surface area (Å²) < 4.78 is 0. The second-order valence-electron chi connectivity index (χ2n) is 7.07. The second-order valence-corrected chi connectivity index (χ2v) is 7.86. The molecule has 2 aliphatic rings. The Morgan fingerprint density at radius 1 is 1.15 bits per heavy atom. The maximum absolute atomic E-state index is 12.9. The molecule has 7 heteroatoms. The maximum Gasteiger partial charge on any atom is 0.257 e. The van der Waals surface area contributed by atoms with Gasteiger partial charge in [-0.25, -0.2) is 4.98 Å². The van der Waals surface area contributed by atoms with Crippen molar-refractivity contribution in [3.8, 4) is 0 Å². The fourth-order valence-electron chi connectivity index (χ4n) is 3.90. The molecule has 0 bridgehead atoms. The van der Waals surface area contributed by atoms with Crippen LogP contribution in [0, 0.1) is 5.92 Å². The predicted octanol–water partition coefficient (Wildman–Crippen LogP) is 2.98. The standard InChI is InChI=1S/C20H22N4O2S/c1-24(2)12-9-7-11(8-10-12)15-16-13(5-4-6-14(16)25)21-18-17(15)19(26)23-20(22-18)27-3/h5,7-10,15-16H,4,6H2,1-3H3,(H2,21,22,23,26)/t15-,16-/m1/s1. The van der Waals surface area contributed by atoms with E-state index in [4.69, 9.17) is 0 Å². The highest BCUT2D eigenvalue weighted by atomic mass is 32.2. The fourth-order valence-corrected chi connectivity index (χ4v) is 4.28. The van der Waals surface area contributed by atoms with Crippen LogP contribution in [0.3, 0.4) is 0 Å². The Labute approximate surface area is 162 Å². The molecule has 1 aliphatic heterocycles. The van der Waals surface area contributed by atoms with Crippen molar-refractivity contribution in [2.75, 3.05) is 30.6 Å². The third-order valence-electron chi connectivity index (χ3n) is 5.24. The van der Waals surface area contributed by atoms with Gasteiger partial charge in [0.2, 0.25) is 0 Å². The minimum absolute atomic E-state index is 0.167. The number of anilines is 2. The number of Topliss-reactive ketones (excluding diaryl/α,β-unsaturated/α-hetero) is 1. The minimum Gasteiger partial charge on any atom is -0.378 e. The predicted molar refractivity (Wildman–Crippen MR) is 109 cm³/mol. The molecule has 0 fully saturated rings. The van der Waals surface area contributed by atoms with Crippen molar-refractivity contribution in [3.63, 3.8) is 0 Å². The first kappa shape index (κ1) is 17.9. The lowest BCUT2D eigenvalue weighted by atomic mass is 9.72. The van der Waals surface area contributed by atoms with E-state index in [-0.39, 0.29) is 23.2 Å². The number of aromatic amines is 1. The Morgan fingerprint density at radius 3 is 2.56 bits per heavy atom. The normalized spacial score (nSPS) is 21.0. The Balaban J connectivity index is 1.91. The molecule has 1 aromatic carbocycles. The summed E-state index contributed by atoms with van der Waals surface area (Å²) in [6.45, 7) is 0. The number of fused-ring (bicyclic) bond motifs is 2. The molecular formula is C20H22N4O2S. The van der Waals surface area contributed by atoms with Gasteiger partial charge in [-0.1, -0.05) is 30.0 Å².